The molecule has 1 atom stereocenters. The Balaban J connectivity index is 2.89. The summed E-state index contributed by atoms with van der Waals surface area (Å²) in [5.41, 5.74) is 0.967. The summed E-state index contributed by atoms with van der Waals surface area (Å²) in [5, 5.41) is 9.58. The van der Waals surface area contributed by atoms with Crippen LogP contribution in [-0.4, -0.2) is 29.1 Å². The van der Waals surface area contributed by atoms with Crippen molar-refractivity contribution in [2.24, 2.45) is 0 Å². The van der Waals surface area contributed by atoms with Gasteiger partial charge in [-0.2, -0.15) is 0 Å². The molecule has 1 N–H and O–H groups in total. The van der Waals surface area contributed by atoms with Gasteiger partial charge in [0, 0.05) is 11.9 Å². The molecule has 14 heavy (non-hydrogen) atoms. The first-order chi connectivity index (χ1) is 6.43. The van der Waals surface area contributed by atoms with Gasteiger partial charge in [-0.1, -0.05) is 0 Å². The maximum Gasteiger partial charge on any atom is 0.326 e. The fourth-order valence-electron chi connectivity index (χ4n) is 0.938. The van der Waals surface area contributed by atoms with Gasteiger partial charge in [0.05, 0.1) is 5.69 Å². The van der Waals surface area contributed by atoms with E-state index >= 15 is 0 Å². The molecule has 0 radical (unpaired) electrons. The first-order valence-electron chi connectivity index (χ1n) is 4.33. The van der Waals surface area contributed by atoms with Crippen molar-refractivity contribution in [1.29, 1.82) is 0 Å². The van der Waals surface area contributed by atoms with E-state index < -0.39 is 12.0 Å². The number of carboxylic acid groups (broad SMARTS) is 1. The van der Waals surface area contributed by atoms with Gasteiger partial charge in [0.25, 0.3) is 0 Å². The van der Waals surface area contributed by atoms with E-state index in [-0.39, 0.29) is 0 Å². The lowest BCUT2D eigenvalue weighted by atomic mass is 10.3. The highest BCUT2D eigenvalue weighted by atomic mass is 32.1. The fraction of sp³-hybridized carbons (Fsp3) is 0.556. The second kappa shape index (κ2) is 3.96. The fourth-order valence-corrected chi connectivity index (χ4v) is 1.89. The third-order valence-electron chi connectivity index (χ3n) is 2.26. The molecule has 0 fully saturated rings. The number of aromatic nitrogens is 1. The summed E-state index contributed by atoms with van der Waals surface area (Å²) in [6, 6.07) is -0.542. The van der Waals surface area contributed by atoms with Crippen LogP contribution in [0, 0.1) is 13.8 Å². The van der Waals surface area contributed by atoms with Crippen LogP contribution in [0.15, 0.2) is 0 Å². The highest BCUT2D eigenvalue weighted by Crippen LogP contribution is 2.25. The number of carboxylic acids is 1. The lowest BCUT2D eigenvalue weighted by Gasteiger charge is -2.19. The molecule has 1 aromatic rings. The van der Waals surface area contributed by atoms with Crippen molar-refractivity contribution < 1.29 is 9.90 Å². The van der Waals surface area contributed by atoms with Gasteiger partial charge in [0.1, 0.15) is 6.04 Å². The molecule has 0 saturated heterocycles. The lowest BCUT2D eigenvalue weighted by Crippen LogP contribution is -2.35. The van der Waals surface area contributed by atoms with Crippen LogP contribution >= 0.6 is 11.3 Å². The monoisotopic (exact) mass is 214 g/mol. The summed E-state index contributed by atoms with van der Waals surface area (Å²) in [6.45, 7) is 5.55. The van der Waals surface area contributed by atoms with Crippen LogP contribution in [0.3, 0.4) is 0 Å². The summed E-state index contributed by atoms with van der Waals surface area (Å²) < 4.78 is 0. The predicted octanol–water partition coefficient (Wildman–Crippen LogP) is 1.67. The quantitative estimate of drug-likeness (QED) is 0.831. The molecule has 0 aliphatic carbocycles. The largest absolute Gasteiger partial charge is 0.480 e. The Morgan fingerprint density at radius 1 is 1.57 bits per heavy atom. The van der Waals surface area contributed by atoms with Gasteiger partial charge in [-0.25, -0.2) is 9.78 Å². The summed E-state index contributed by atoms with van der Waals surface area (Å²) >= 11 is 1.52. The molecule has 5 heteroatoms. The smallest absolute Gasteiger partial charge is 0.326 e. The molecule has 1 rings (SSSR count). The molecule has 1 unspecified atom stereocenters. The summed E-state index contributed by atoms with van der Waals surface area (Å²) in [4.78, 5) is 17.8. The van der Waals surface area contributed by atoms with Crippen LogP contribution in [0.4, 0.5) is 5.13 Å². The van der Waals surface area contributed by atoms with Gasteiger partial charge >= 0.3 is 5.97 Å². The number of hydrogen-bond donors (Lipinski definition) is 1. The normalized spacial score (nSPS) is 12.6. The highest BCUT2D eigenvalue weighted by molar-refractivity contribution is 7.15. The van der Waals surface area contributed by atoms with Crippen LogP contribution in [0.25, 0.3) is 0 Å². The first kappa shape index (κ1) is 11.0. The number of aliphatic carboxylic acids is 1. The average molecular weight is 214 g/mol. The SMILES string of the molecule is Cc1nc(N(C)C(C)C(=O)O)sc1C. The van der Waals surface area contributed by atoms with E-state index in [2.05, 4.69) is 4.98 Å². The zero-order valence-corrected chi connectivity index (χ0v) is 9.55. The summed E-state index contributed by atoms with van der Waals surface area (Å²) in [6.07, 6.45) is 0. The minimum absolute atomic E-state index is 0.542. The minimum Gasteiger partial charge on any atom is -0.480 e. The van der Waals surface area contributed by atoms with Crippen molar-refractivity contribution >= 4 is 22.4 Å². The number of hydrogen-bond acceptors (Lipinski definition) is 4. The van der Waals surface area contributed by atoms with Crippen LogP contribution in [0.2, 0.25) is 0 Å². The van der Waals surface area contributed by atoms with Crippen LogP contribution < -0.4 is 4.90 Å². The number of anilines is 1. The topological polar surface area (TPSA) is 53.4 Å². The number of likely N-dealkylation sites (N-methyl/N-ethyl adjacent to an activating group) is 1. The third-order valence-corrected chi connectivity index (χ3v) is 3.42. The van der Waals surface area contributed by atoms with E-state index in [9.17, 15) is 4.79 Å². The summed E-state index contributed by atoms with van der Waals surface area (Å²) in [5.74, 6) is -0.835. The van der Waals surface area contributed by atoms with Gasteiger partial charge < -0.3 is 10.0 Å². The molecule has 0 amide bonds. The van der Waals surface area contributed by atoms with Crippen molar-refractivity contribution in [2.45, 2.75) is 26.8 Å². The second-order valence-corrected chi connectivity index (χ2v) is 4.44. The lowest BCUT2D eigenvalue weighted by molar-refractivity contribution is -0.138. The molecule has 78 valence electrons. The van der Waals surface area contributed by atoms with Crippen molar-refractivity contribution in [3.8, 4) is 0 Å². The van der Waals surface area contributed by atoms with Crippen molar-refractivity contribution in [3.63, 3.8) is 0 Å². The zero-order valence-electron chi connectivity index (χ0n) is 8.74. The van der Waals surface area contributed by atoms with E-state index in [1.165, 1.54) is 11.3 Å². The van der Waals surface area contributed by atoms with E-state index in [0.717, 1.165) is 15.7 Å². The van der Waals surface area contributed by atoms with Gasteiger partial charge in [0.2, 0.25) is 0 Å². The van der Waals surface area contributed by atoms with Crippen molar-refractivity contribution in [1.82, 2.24) is 4.98 Å². The van der Waals surface area contributed by atoms with E-state index in [0.29, 0.717) is 0 Å². The Kier molecular flexibility index (Phi) is 3.10. The first-order valence-corrected chi connectivity index (χ1v) is 5.14. The molecule has 0 saturated carbocycles. The predicted molar refractivity (Wildman–Crippen MR) is 57.1 cm³/mol. The van der Waals surface area contributed by atoms with Crippen LogP contribution in [-0.2, 0) is 4.79 Å². The van der Waals surface area contributed by atoms with E-state index in [4.69, 9.17) is 5.11 Å². The maximum absolute atomic E-state index is 10.7. The van der Waals surface area contributed by atoms with Crippen molar-refractivity contribution in [3.05, 3.63) is 10.6 Å². The molecule has 0 bridgehead atoms. The Hall–Kier alpha value is -1.10. The molecule has 1 heterocycles. The maximum atomic E-state index is 10.7. The van der Waals surface area contributed by atoms with Gasteiger partial charge in [0.15, 0.2) is 5.13 Å². The van der Waals surface area contributed by atoms with Crippen molar-refractivity contribution in [2.75, 3.05) is 11.9 Å². The number of rotatable bonds is 3. The standard InChI is InChI=1S/C9H14N2O2S/c1-5-7(3)14-9(10-5)11(4)6(2)8(12)13/h6H,1-4H3,(H,12,13). The van der Waals surface area contributed by atoms with E-state index in [1.54, 1.807) is 18.9 Å². The Morgan fingerprint density at radius 3 is 2.50 bits per heavy atom. The molecule has 1 aromatic heterocycles. The Bertz CT molecular complexity index is 329. The third kappa shape index (κ3) is 2.04. The van der Waals surface area contributed by atoms with E-state index in [1.807, 2.05) is 13.8 Å². The molecular weight excluding hydrogens is 200 g/mol. The number of aryl methyl sites for hydroxylation is 2. The molecule has 0 aromatic carbocycles. The average Bonchev–Trinajstić information content (AvgIpc) is 2.44. The van der Waals surface area contributed by atoms with Gasteiger partial charge in [-0.3, -0.25) is 0 Å². The van der Waals surface area contributed by atoms with Gasteiger partial charge in [-0.05, 0) is 20.8 Å². The van der Waals surface area contributed by atoms with Gasteiger partial charge in [-0.15, -0.1) is 11.3 Å². The highest BCUT2D eigenvalue weighted by Gasteiger charge is 2.19. The number of carbonyl (C=O) groups is 1. The Morgan fingerprint density at radius 2 is 2.14 bits per heavy atom. The number of nitrogens with zero attached hydrogens (tertiary/aromatic N) is 2. The molecule has 4 nitrogen and oxygen atoms in total. The van der Waals surface area contributed by atoms with Crippen LogP contribution in [0.5, 0.6) is 0 Å². The summed E-state index contributed by atoms with van der Waals surface area (Å²) in [7, 11) is 1.75. The molecule has 0 aliphatic rings. The molecule has 0 spiro atoms. The zero-order chi connectivity index (χ0) is 10.9. The second-order valence-electron chi connectivity index (χ2n) is 3.26. The minimum atomic E-state index is -0.835. The molecular formula is C9H14N2O2S. The number of thiazole rings is 1. The molecule has 0 aliphatic heterocycles. The van der Waals surface area contributed by atoms with Crippen LogP contribution in [0.1, 0.15) is 17.5 Å². The Labute approximate surface area is 87.2 Å².